The van der Waals surface area contributed by atoms with Gasteiger partial charge in [-0.3, -0.25) is 19.9 Å². The minimum Gasteiger partial charge on any atom is -0.508 e. The summed E-state index contributed by atoms with van der Waals surface area (Å²) < 4.78 is 13.4. The first-order valence-electron chi connectivity index (χ1n) is 5.37. The molecule has 0 aliphatic heterocycles. The summed E-state index contributed by atoms with van der Waals surface area (Å²) in [6.45, 7) is 0. The lowest BCUT2D eigenvalue weighted by Crippen LogP contribution is -2.14. The molecular weight excluding hydrogens is 269 g/mol. The van der Waals surface area contributed by atoms with Crippen LogP contribution in [0.25, 0.3) is 0 Å². The summed E-state index contributed by atoms with van der Waals surface area (Å²) in [5, 5.41) is 22.2. The van der Waals surface area contributed by atoms with Crippen molar-refractivity contribution in [2.45, 2.75) is 0 Å². The first-order valence-corrected chi connectivity index (χ1v) is 5.37. The third-order valence-electron chi connectivity index (χ3n) is 2.44. The molecule has 2 rings (SSSR count). The number of carbonyl (C=O) groups is 1. The van der Waals surface area contributed by atoms with Gasteiger partial charge >= 0.3 is 0 Å². The third kappa shape index (κ3) is 2.69. The second kappa shape index (κ2) is 5.31. The Morgan fingerprint density at radius 1 is 1.40 bits per heavy atom. The molecule has 102 valence electrons. The van der Waals surface area contributed by atoms with Gasteiger partial charge in [-0.15, -0.1) is 0 Å². The van der Waals surface area contributed by atoms with Crippen LogP contribution in [0.5, 0.6) is 5.75 Å². The van der Waals surface area contributed by atoms with E-state index in [1.807, 2.05) is 0 Å². The van der Waals surface area contributed by atoms with Crippen molar-refractivity contribution in [2.75, 3.05) is 5.32 Å². The molecule has 1 heterocycles. The van der Waals surface area contributed by atoms with Crippen molar-refractivity contribution < 1.29 is 19.2 Å². The Morgan fingerprint density at radius 2 is 2.15 bits per heavy atom. The van der Waals surface area contributed by atoms with Crippen molar-refractivity contribution in [3.05, 3.63) is 58.2 Å². The molecule has 0 saturated heterocycles. The molecule has 0 atom stereocenters. The van der Waals surface area contributed by atoms with E-state index >= 15 is 0 Å². The van der Waals surface area contributed by atoms with Crippen LogP contribution in [0.3, 0.4) is 0 Å². The van der Waals surface area contributed by atoms with Crippen molar-refractivity contribution in [2.24, 2.45) is 0 Å². The van der Waals surface area contributed by atoms with E-state index in [0.717, 1.165) is 24.4 Å². The first kappa shape index (κ1) is 13.4. The summed E-state index contributed by atoms with van der Waals surface area (Å²) in [4.78, 5) is 25.4. The lowest BCUT2D eigenvalue weighted by molar-refractivity contribution is -0.384. The zero-order chi connectivity index (χ0) is 14.7. The Kier molecular flexibility index (Phi) is 3.56. The summed E-state index contributed by atoms with van der Waals surface area (Å²) in [5.74, 6) is -2.00. The van der Waals surface area contributed by atoms with Gasteiger partial charge in [-0.05, 0) is 18.2 Å². The van der Waals surface area contributed by atoms with Gasteiger partial charge < -0.3 is 10.4 Å². The van der Waals surface area contributed by atoms with Crippen molar-refractivity contribution in [3.8, 4) is 5.75 Å². The summed E-state index contributed by atoms with van der Waals surface area (Å²) in [7, 11) is 0. The van der Waals surface area contributed by atoms with E-state index < -0.39 is 22.3 Å². The number of nitro benzene ring substituents is 1. The molecule has 0 fully saturated rings. The lowest BCUT2D eigenvalue weighted by atomic mass is 10.2. The van der Waals surface area contributed by atoms with E-state index in [-0.39, 0.29) is 17.0 Å². The maximum atomic E-state index is 13.4. The highest BCUT2D eigenvalue weighted by atomic mass is 19.1. The fourth-order valence-electron chi connectivity index (χ4n) is 1.53. The van der Waals surface area contributed by atoms with Gasteiger partial charge in [0, 0.05) is 6.20 Å². The molecule has 7 nitrogen and oxygen atoms in total. The van der Waals surface area contributed by atoms with Gasteiger partial charge in [-0.2, -0.15) is 0 Å². The number of amides is 1. The highest BCUT2D eigenvalue weighted by Gasteiger charge is 2.19. The van der Waals surface area contributed by atoms with Gasteiger partial charge in [-0.1, -0.05) is 0 Å². The molecule has 8 heteroatoms. The molecule has 2 aromatic rings. The Bertz CT molecular complexity index is 690. The Balaban J connectivity index is 2.33. The molecule has 20 heavy (non-hydrogen) atoms. The monoisotopic (exact) mass is 277 g/mol. The predicted molar refractivity (Wildman–Crippen MR) is 66.9 cm³/mol. The smallest absolute Gasteiger partial charge is 0.296 e. The maximum absolute atomic E-state index is 13.4. The van der Waals surface area contributed by atoms with Gasteiger partial charge in [0.05, 0.1) is 22.7 Å². The molecule has 0 aliphatic rings. The number of aromatic hydroxyl groups is 1. The summed E-state index contributed by atoms with van der Waals surface area (Å²) >= 11 is 0. The van der Waals surface area contributed by atoms with Gasteiger partial charge in [0.15, 0.2) is 5.82 Å². The van der Waals surface area contributed by atoms with Crippen molar-refractivity contribution in [1.29, 1.82) is 0 Å². The van der Waals surface area contributed by atoms with Gasteiger partial charge in [0.25, 0.3) is 11.6 Å². The number of phenolic OH excluding ortho intramolecular Hbond substituents is 1. The summed E-state index contributed by atoms with van der Waals surface area (Å²) in [6, 6.07) is 4.37. The predicted octanol–water partition coefficient (Wildman–Crippen LogP) is 2.09. The number of nitro groups is 1. The SMILES string of the molecule is O=C(Nc1ccc(O)cc1[N+](=O)[O-])c1ccncc1F. The molecule has 0 bridgehead atoms. The van der Waals surface area contributed by atoms with Crippen LogP contribution in [0.2, 0.25) is 0 Å². The van der Waals surface area contributed by atoms with Gasteiger partial charge in [0.1, 0.15) is 11.4 Å². The van der Waals surface area contributed by atoms with E-state index in [4.69, 9.17) is 0 Å². The maximum Gasteiger partial charge on any atom is 0.296 e. The van der Waals surface area contributed by atoms with Crippen molar-refractivity contribution in [3.63, 3.8) is 0 Å². The van der Waals surface area contributed by atoms with Gasteiger partial charge in [-0.25, -0.2) is 4.39 Å². The van der Waals surface area contributed by atoms with E-state index in [2.05, 4.69) is 10.3 Å². The van der Waals surface area contributed by atoms with Crippen LogP contribution in [-0.2, 0) is 0 Å². The van der Waals surface area contributed by atoms with Crippen molar-refractivity contribution >= 4 is 17.3 Å². The van der Waals surface area contributed by atoms with E-state index in [1.54, 1.807) is 0 Å². The van der Waals surface area contributed by atoms with Crippen LogP contribution in [0.15, 0.2) is 36.7 Å². The highest BCUT2D eigenvalue weighted by molar-refractivity contribution is 6.05. The van der Waals surface area contributed by atoms with E-state index in [9.17, 15) is 24.4 Å². The lowest BCUT2D eigenvalue weighted by Gasteiger charge is -2.06. The minimum atomic E-state index is -0.848. The van der Waals surface area contributed by atoms with Crippen LogP contribution in [0.1, 0.15) is 10.4 Å². The Morgan fingerprint density at radius 3 is 2.80 bits per heavy atom. The van der Waals surface area contributed by atoms with Crippen LogP contribution in [-0.4, -0.2) is 20.9 Å². The molecule has 0 radical (unpaired) electrons. The number of pyridine rings is 1. The molecular formula is C12H8FN3O4. The summed E-state index contributed by atoms with van der Waals surface area (Å²) in [5.41, 5.74) is -0.927. The topological polar surface area (TPSA) is 105 Å². The second-order valence-electron chi connectivity index (χ2n) is 3.77. The van der Waals surface area contributed by atoms with Crippen LogP contribution in [0.4, 0.5) is 15.8 Å². The molecule has 2 N–H and O–H groups in total. The number of benzene rings is 1. The number of nitrogens with one attached hydrogen (secondary N) is 1. The standard InChI is InChI=1S/C12H8FN3O4/c13-9-6-14-4-3-8(9)12(18)15-10-2-1-7(17)5-11(10)16(19)20/h1-6,17H,(H,15,18). The fourth-order valence-corrected chi connectivity index (χ4v) is 1.53. The number of halogens is 1. The van der Waals surface area contributed by atoms with Gasteiger partial charge in [0.2, 0.25) is 0 Å². The number of nitrogens with zero attached hydrogens (tertiary/aromatic N) is 2. The molecule has 0 aliphatic carbocycles. The molecule has 0 spiro atoms. The second-order valence-corrected chi connectivity index (χ2v) is 3.77. The molecule has 0 saturated carbocycles. The molecule has 1 aromatic carbocycles. The largest absolute Gasteiger partial charge is 0.508 e. The average Bonchev–Trinajstić information content (AvgIpc) is 2.41. The normalized spacial score (nSPS) is 10.1. The molecule has 0 unspecified atom stereocenters. The number of phenols is 1. The number of carbonyl (C=O) groups excluding carboxylic acids is 1. The van der Waals surface area contributed by atoms with Crippen LogP contribution in [0, 0.1) is 15.9 Å². The zero-order valence-corrected chi connectivity index (χ0v) is 9.91. The van der Waals surface area contributed by atoms with E-state index in [0.29, 0.717) is 0 Å². The molecule has 1 amide bonds. The summed E-state index contributed by atoms with van der Waals surface area (Å²) in [6.07, 6.45) is 2.09. The fraction of sp³-hybridized carbons (Fsp3) is 0. The Hall–Kier alpha value is -3.03. The Labute approximate surface area is 111 Å². The third-order valence-corrected chi connectivity index (χ3v) is 2.44. The van der Waals surface area contributed by atoms with Crippen LogP contribution >= 0.6 is 0 Å². The van der Waals surface area contributed by atoms with Crippen molar-refractivity contribution in [1.82, 2.24) is 4.98 Å². The van der Waals surface area contributed by atoms with Crippen LogP contribution < -0.4 is 5.32 Å². The number of rotatable bonds is 3. The van der Waals surface area contributed by atoms with E-state index in [1.165, 1.54) is 12.3 Å². The number of hydrogen-bond donors (Lipinski definition) is 2. The highest BCUT2D eigenvalue weighted by Crippen LogP contribution is 2.28. The first-order chi connectivity index (χ1) is 9.49. The quantitative estimate of drug-likeness (QED) is 0.507. The number of aromatic nitrogens is 1. The average molecular weight is 277 g/mol. The number of hydrogen-bond acceptors (Lipinski definition) is 5. The molecule has 1 aromatic heterocycles. The minimum absolute atomic E-state index is 0.144. The number of anilines is 1. The zero-order valence-electron chi connectivity index (χ0n) is 9.91.